The minimum absolute atomic E-state index is 0. The number of aromatic nitrogens is 2. The summed E-state index contributed by atoms with van der Waals surface area (Å²) >= 11 is 0. The fourth-order valence-corrected chi connectivity index (χ4v) is 5.83. The number of fused-ring (bicyclic) bond motifs is 2. The van der Waals surface area contributed by atoms with E-state index in [9.17, 15) is 0 Å². The summed E-state index contributed by atoms with van der Waals surface area (Å²) in [4.78, 5) is 9.52. The second-order valence-corrected chi connectivity index (χ2v) is 11.7. The van der Waals surface area contributed by atoms with E-state index in [1.54, 1.807) is 0 Å². The van der Waals surface area contributed by atoms with Gasteiger partial charge in [-0.25, -0.2) is 0 Å². The first-order chi connectivity index (χ1) is 20.9. The molecule has 0 saturated carbocycles. The maximum atomic E-state index is 6.44. The molecule has 1 aliphatic rings. The van der Waals surface area contributed by atoms with Gasteiger partial charge in [-0.15, -0.1) is 41.5 Å². The van der Waals surface area contributed by atoms with Crippen LogP contribution >= 0.6 is 0 Å². The fourth-order valence-electron chi connectivity index (χ4n) is 5.83. The zero-order valence-electron chi connectivity index (χ0n) is 24.7. The van der Waals surface area contributed by atoms with Crippen LogP contribution in [0.1, 0.15) is 48.7 Å². The largest absolute Gasteiger partial charge is 2.00 e. The van der Waals surface area contributed by atoms with Crippen LogP contribution in [0.25, 0.3) is 11.3 Å². The van der Waals surface area contributed by atoms with Crippen LogP contribution in [0.5, 0.6) is 23.0 Å². The average Bonchev–Trinajstić information content (AvgIpc) is 3.04. The Kier molecular flexibility index (Phi) is 7.96. The molecule has 44 heavy (non-hydrogen) atoms. The zero-order chi connectivity index (χ0) is 29.4. The van der Waals surface area contributed by atoms with Gasteiger partial charge in [0.15, 0.2) is 0 Å². The number of nitrogens with zero attached hydrogens (tertiary/aromatic N) is 2. The SMILES string of the molecule is CC(C)(C)c1ccnc(-c2[c-]c(Oc3[c-]c(C4(c5ccccn5)c5ccccc5Oc5ccccc54)ccc3)ccc2)c1.[Pt+2]. The van der Waals surface area contributed by atoms with Crippen molar-refractivity contribution >= 4 is 0 Å². The van der Waals surface area contributed by atoms with Crippen LogP contribution in [0, 0.1) is 12.1 Å². The summed E-state index contributed by atoms with van der Waals surface area (Å²) < 4.78 is 12.8. The van der Waals surface area contributed by atoms with Crippen molar-refractivity contribution in [1.82, 2.24) is 9.97 Å². The molecule has 218 valence electrons. The van der Waals surface area contributed by atoms with Crippen LogP contribution in [-0.4, -0.2) is 9.97 Å². The van der Waals surface area contributed by atoms with Crippen molar-refractivity contribution in [3.05, 3.63) is 168 Å². The molecule has 0 fully saturated rings. The smallest absolute Gasteiger partial charge is 0.503 e. The summed E-state index contributed by atoms with van der Waals surface area (Å²) in [7, 11) is 0. The molecular weight excluding hydrogens is 724 g/mol. The molecule has 4 nitrogen and oxygen atoms in total. The monoisotopic (exact) mass is 753 g/mol. The van der Waals surface area contributed by atoms with Crippen LogP contribution in [0.4, 0.5) is 0 Å². The predicted octanol–water partition coefficient (Wildman–Crippen LogP) is 9.32. The maximum Gasteiger partial charge on any atom is 2.00 e. The van der Waals surface area contributed by atoms with Crippen LogP contribution in [0.15, 0.2) is 128 Å². The Morgan fingerprint density at radius 2 is 1.32 bits per heavy atom. The number of para-hydroxylation sites is 2. The Bertz CT molecular complexity index is 1890. The Morgan fingerprint density at radius 3 is 2.00 bits per heavy atom. The topological polar surface area (TPSA) is 44.2 Å². The van der Waals surface area contributed by atoms with Gasteiger partial charge in [0.1, 0.15) is 11.5 Å². The van der Waals surface area contributed by atoms with Crippen molar-refractivity contribution in [3.63, 3.8) is 0 Å². The van der Waals surface area contributed by atoms with Crippen LogP contribution in [0.3, 0.4) is 0 Å². The molecule has 0 amide bonds. The Balaban J connectivity index is 0.00000343. The minimum atomic E-state index is -0.769. The molecule has 0 saturated heterocycles. The molecule has 0 N–H and O–H groups in total. The number of hydrogen-bond donors (Lipinski definition) is 0. The summed E-state index contributed by atoms with van der Waals surface area (Å²) in [6.07, 6.45) is 3.69. The number of pyridine rings is 2. The molecule has 2 aromatic heterocycles. The van der Waals surface area contributed by atoms with E-state index >= 15 is 0 Å². The summed E-state index contributed by atoms with van der Waals surface area (Å²) in [6, 6.07) is 45.4. The van der Waals surface area contributed by atoms with E-state index in [1.807, 2.05) is 91.3 Å². The number of rotatable bonds is 5. The second-order valence-electron chi connectivity index (χ2n) is 11.7. The van der Waals surface area contributed by atoms with Gasteiger partial charge in [-0.05, 0) is 47.0 Å². The maximum absolute atomic E-state index is 6.44. The first kappa shape index (κ1) is 29.5. The van der Waals surface area contributed by atoms with Crippen molar-refractivity contribution in [1.29, 1.82) is 0 Å². The van der Waals surface area contributed by atoms with E-state index in [0.717, 1.165) is 45.1 Å². The van der Waals surface area contributed by atoms with Gasteiger partial charge >= 0.3 is 21.1 Å². The molecule has 0 unspecified atom stereocenters. The predicted molar refractivity (Wildman–Crippen MR) is 169 cm³/mol. The fraction of sp³-hybridized carbons (Fsp3) is 0.128. The Labute approximate surface area is 273 Å². The summed E-state index contributed by atoms with van der Waals surface area (Å²) in [5.41, 5.74) is 5.99. The molecular formula is C39H30N2O2Pt. The van der Waals surface area contributed by atoms with Gasteiger partial charge in [-0.3, -0.25) is 4.98 Å². The molecule has 3 heterocycles. The Hall–Kier alpha value is -4.53. The van der Waals surface area contributed by atoms with E-state index in [0.29, 0.717) is 11.5 Å². The Morgan fingerprint density at radius 1 is 0.659 bits per heavy atom. The molecule has 0 radical (unpaired) electrons. The van der Waals surface area contributed by atoms with E-state index in [-0.39, 0.29) is 26.5 Å². The zero-order valence-corrected chi connectivity index (χ0v) is 26.9. The first-order valence-electron chi connectivity index (χ1n) is 14.4. The van der Waals surface area contributed by atoms with Crippen LogP contribution in [0.2, 0.25) is 0 Å². The third-order valence-corrected chi connectivity index (χ3v) is 7.91. The normalized spacial score (nSPS) is 13.1. The van der Waals surface area contributed by atoms with Gasteiger partial charge in [-0.1, -0.05) is 75.4 Å². The number of ether oxygens (including phenoxy) is 2. The van der Waals surface area contributed by atoms with E-state index in [4.69, 9.17) is 14.5 Å². The molecule has 5 heteroatoms. The summed E-state index contributed by atoms with van der Waals surface area (Å²) in [6.45, 7) is 6.60. The van der Waals surface area contributed by atoms with Crippen molar-refractivity contribution in [2.45, 2.75) is 31.6 Å². The second kappa shape index (κ2) is 11.9. The molecule has 6 aromatic rings. The van der Waals surface area contributed by atoms with Crippen molar-refractivity contribution in [2.75, 3.05) is 0 Å². The molecule has 0 atom stereocenters. The van der Waals surface area contributed by atoms with E-state index in [1.165, 1.54) is 5.56 Å². The molecule has 0 aliphatic carbocycles. The van der Waals surface area contributed by atoms with Gasteiger partial charge in [-0.2, -0.15) is 12.1 Å². The third kappa shape index (κ3) is 5.25. The van der Waals surface area contributed by atoms with E-state index in [2.05, 4.69) is 74.3 Å². The quantitative estimate of drug-likeness (QED) is 0.165. The summed E-state index contributed by atoms with van der Waals surface area (Å²) in [5.74, 6) is 2.75. The van der Waals surface area contributed by atoms with Crippen molar-refractivity contribution in [3.8, 4) is 34.3 Å². The van der Waals surface area contributed by atoms with Gasteiger partial charge in [0.05, 0.1) is 11.1 Å². The van der Waals surface area contributed by atoms with Crippen molar-refractivity contribution < 1.29 is 30.5 Å². The van der Waals surface area contributed by atoms with Crippen LogP contribution < -0.4 is 9.47 Å². The summed E-state index contributed by atoms with van der Waals surface area (Å²) in [5, 5.41) is 0. The van der Waals surface area contributed by atoms with Gasteiger partial charge < -0.3 is 14.5 Å². The third-order valence-electron chi connectivity index (χ3n) is 7.91. The first-order valence-corrected chi connectivity index (χ1v) is 14.4. The molecule has 0 bridgehead atoms. The van der Waals surface area contributed by atoms with Gasteiger partial charge in [0.25, 0.3) is 0 Å². The number of benzene rings is 4. The average molecular weight is 754 g/mol. The molecule has 4 aromatic carbocycles. The molecule has 1 aliphatic heterocycles. The minimum Gasteiger partial charge on any atom is -0.503 e. The standard InChI is InChI=1S/C39H30N2O2.Pt/c1-38(2,3)28-21-23-40-34(26-28)27-12-10-14-30(24-27)42-31-15-11-13-29(25-31)39(37-20-8-9-22-41-37)32-16-4-6-18-35(32)43-36-19-7-5-17-33(36)39;/h4-23,26H,1-3H3;/q-2;+2. The van der Waals surface area contributed by atoms with Crippen LogP contribution in [-0.2, 0) is 31.9 Å². The molecule has 0 spiro atoms. The van der Waals surface area contributed by atoms with Gasteiger partial charge in [0.2, 0.25) is 0 Å². The number of hydrogen-bond acceptors (Lipinski definition) is 4. The van der Waals surface area contributed by atoms with E-state index < -0.39 is 5.41 Å². The molecule has 7 rings (SSSR count). The van der Waals surface area contributed by atoms with Crippen molar-refractivity contribution in [2.24, 2.45) is 0 Å². The van der Waals surface area contributed by atoms with Gasteiger partial charge in [0, 0.05) is 35.0 Å².